The SMILES string of the molecule is CC(C)(C)OC(=O)Nc1cc(Cl)c(F)cc1[N+](=O)[O-]. The number of carbonyl (C=O) groups excluding carboxylic acids is 1. The van der Waals surface area contributed by atoms with E-state index in [-0.39, 0.29) is 10.7 Å². The van der Waals surface area contributed by atoms with Gasteiger partial charge in [0.15, 0.2) is 0 Å². The summed E-state index contributed by atoms with van der Waals surface area (Å²) in [4.78, 5) is 21.4. The van der Waals surface area contributed by atoms with Gasteiger partial charge < -0.3 is 4.74 Å². The Balaban J connectivity index is 3.03. The van der Waals surface area contributed by atoms with Gasteiger partial charge in [-0.15, -0.1) is 0 Å². The van der Waals surface area contributed by atoms with E-state index in [1.54, 1.807) is 20.8 Å². The normalized spacial score (nSPS) is 11.0. The maximum absolute atomic E-state index is 13.1. The summed E-state index contributed by atoms with van der Waals surface area (Å²) < 4.78 is 18.1. The molecule has 1 aromatic rings. The Morgan fingerprint density at radius 3 is 2.53 bits per heavy atom. The van der Waals surface area contributed by atoms with Crippen molar-refractivity contribution in [1.29, 1.82) is 0 Å². The smallest absolute Gasteiger partial charge is 0.412 e. The number of benzene rings is 1. The van der Waals surface area contributed by atoms with Crippen molar-refractivity contribution < 1.29 is 18.8 Å². The predicted octanol–water partition coefficient (Wildman–Crippen LogP) is 3.73. The molecule has 19 heavy (non-hydrogen) atoms. The summed E-state index contributed by atoms with van der Waals surface area (Å²) in [5.41, 5.74) is -1.60. The molecule has 1 aromatic carbocycles. The minimum atomic E-state index is -0.942. The quantitative estimate of drug-likeness (QED) is 0.664. The highest BCUT2D eigenvalue weighted by Gasteiger charge is 2.22. The second-order valence-electron chi connectivity index (χ2n) is 4.67. The minimum absolute atomic E-state index is 0.231. The lowest BCUT2D eigenvalue weighted by molar-refractivity contribution is -0.384. The molecule has 6 nitrogen and oxygen atoms in total. The first kappa shape index (κ1) is 15.2. The lowest BCUT2D eigenvalue weighted by atomic mass is 10.2. The zero-order valence-corrected chi connectivity index (χ0v) is 11.2. The third kappa shape index (κ3) is 4.36. The first-order valence-corrected chi connectivity index (χ1v) is 5.61. The molecule has 0 saturated carbocycles. The number of nitro groups is 1. The van der Waals surface area contributed by atoms with E-state index in [0.717, 1.165) is 6.07 Å². The Kier molecular flexibility index (Phi) is 4.31. The summed E-state index contributed by atoms with van der Waals surface area (Å²) in [7, 11) is 0. The van der Waals surface area contributed by atoms with Crippen molar-refractivity contribution in [3.63, 3.8) is 0 Å². The lowest BCUT2D eigenvalue weighted by Gasteiger charge is -2.19. The monoisotopic (exact) mass is 290 g/mol. The molecule has 104 valence electrons. The van der Waals surface area contributed by atoms with Crippen molar-refractivity contribution in [3.8, 4) is 0 Å². The standard InChI is InChI=1S/C11H12ClFN2O4/c1-11(2,3)19-10(16)14-8-4-6(12)7(13)5-9(8)15(17)18/h4-5H,1-3H3,(H,14,16). The number of anilines is 1. The van der Waals surface area contributed by atoms with Gasteiger partial charge in [-0.3, -0.25) is 15.4 Å². The maximum Gasteiger partial charge on any atom is 0.412 e. The van der Waals surface area contributed by atoms with Gasteiger partial charge in [0.2, 0.25) is 0 Å². The number of rotatable bonds is 2. The molecule has 0 saturated heterocycles. The van der Waals surface area contributed by atoms with Crippen LogP contribution in [-0.4, -0.2) is 16.6 Å². The summed E-state index contributed by atoms with van der Waals surface area (Å²) in [6.45, 7) is 4.91. The molecule has 0 aliphatic rings. The van der Waals surface area contributed by atoms with Crippen LogP contribution in [0.5, 0.6) is 0 Å². The van der Waals surface area contributed by atoms with Crippen molar-refractivity contribution >= 4 is 29.1 Å². The van der Waals surface area contributed by atoms with Gasteiger partial charge >= 0.3 is 6.09 Å². The van der Waals surface area contributed by atoms with Gasteiger partial charge in [-0.25, -0.2) is 9.18 Å². The molecule has 8 heteroatoms. The van der Waals surface area contributed by atoms with E-state index in [4.69, 9.17) is 16.3 Å². The van der Waals surface area contributed by atoms with Crippen LogP contribution in [0, 0.1) is 15.9 Å². The van der Waals surface area contributed by atoms with E-state index in [0.29, 0.717) is 6.07 Å². The first-order chi connectivity index (χ1) is 8.60. The van der Waals surface area contributed by atoms with Crippen LogP contribution in [0.1, 0.15) is 20.8 Å². The molecule has 0 aromatic heterocycles. The molecular formula is C11H12ClFN2O4. The predicted molar refractivity (Wildman–Crippen MR) is 67.9 cm³/mol. The van der Waals surface area contributed by atoms with Crippen LogP contribution in [0.2, 0.25) is 5.02 Å². The Labute approximate surface area is 113 Å². The third-order valence-electron chi connectivity index (χ3n) is 1.87. The Morgan fingerprint density at radius 2 is 2.05 bits per heavy atom. The fourth-order valence-electron chi connectivity index (χ4n) is 1.20. The Hall–Kier alpha value is -1.89. The molecule has 0 bridgehead atoms. The van der Waals surface area contributed by atoms with Crippen LogP contribution < -0.4 is 5.32 Å². The van der Waals surface area contributed by atoms with Gasteiger partial charge in [-0.2, -0.15) is 0 Å². The van der Waals surface area contributed by atoms with Crippen molar-refractivity contribution in [3.05, 3.63) is 33.1 Å². The molecule has 0 radical (unpaired) electrons. The average Bonchev–Trinajstić information content (AvgIpc) is 2.19. The van der Waals surface area contributed by atoms with E-state index < -0.39 is 28.1 Å². The van der Waals surface area contributed by atoms with E-state index in [2.05, 4.69) is 5.32 Å². The largest absolute Gasteiger partial charge is 0.444 e. The van der Waals surface area contributed by atoms with Gasteiger partial charge in [0.05, 0.1) is 16.0 Å². The zero-order valence-electron chi connectivity index (χ0n) is 10.5. The third-order valence-corrected chi connectivity index (χ3v) is 2.16. The summed E-state index contributed by atoms with van der Waals surface area (Å²) in [6.07, 6.45) is -0.890. The summed E-state index contributed by atoms with van der Waals surface area (Å²) in [5, 5.41) is 12.6. The van der Waals surface area contributed by atoms with Crippen molar-refractivity contribution in [1.82, 2.24) is 0 Å². The van der Waals surface area contributed by atoms with E-state index in [9.17, 15) is 19.3 Å². The Bertz CT molecular complexity index is 528. The molecular weight excluding hydrogens is 279 g/mol. The van der Waals surface area contributed by atoms with E-state index in [1.807, 2.05) is 0 Å². The topological polar surface area (TPSA) is 81.5 Å². The summed E-state index contributed by atoms with van der Waals surface area (Å²) in [6, 6.07) is 1.59. The summed E-state index contributed by atoms with van der Waals surface area (Å²) in [5.74, 6) is -0.942. The minimum Gasteiger partial charge on any atom is -0.444 e. The second kappa shape index (κ2) is 5.40. The average molecular weight is 291 g/mol. The van der Waals surface area contributed by atoms with Crippen LogP contribution in [-0.2, 0) is 4.74 Å². The fourth-order valence-corrected chi connectivity index (χ4v) is 1.36. The van der Waals surface area contributed by atoms with Crippen LogP contribution in [0.25, 0.3) is 0 Å². The molecule has 0 fully saturated rings. The fraction of sp³-hybridized carbons (Fsp3) is 0.364. The molecule has 0 aliphatic heterocycles. The number of hydrogen-bond donors (Lipinski definition) is 1. The van der Waals surface area contributed by atoms with Crippen molar-refractivity contribution in [2.24, 2.45) is 0 Å². The zero-order chi connectivity index (χ0) is 14.8. The molecule has 0 aliphatic carbocycles. The number of carbonyl (C=O) groups is 1. The molecule has 0 spiro atoms. The number of nitro benzene ring substituents is 1. The number of amides is 1. The van der Waals surface area contributed by atoms with Gasteiger partial charge in [0.1, 0.15) is 17.1 Å². The molecule has 1 N–H and O–H groups in total. The number of nitrogens with zero attached hydrogens (tertiary/aromatic N) is 1. The molecule has 1 rings (SSSR count). The van der Waals surface area contributed by atoms with E-state index in [1.165, 1.54) is 0 Å². The number of hydrogen-bond acceptors (Lipinski definition) is 4. The Morgan fingerprint density at radius 1 is 1.47 bits per heavy atom. The van der Waals surface area contributed by atoms with Gasteiger partial charge in [-0.1, -0.05) is 11.6 Å². The number of halogens is 2. The lowest BCUT2D eigenvalue weighted by Crippen LogP contribution is -2.27. The highest BCUT2D eigenvalue weighted by atomic mass is 35.5. The molecule has 0 heterocycles. The summed E-state index contributed by atoms with van der Waals surface area (Å²) >= 11 is 5.52. The van der Waals surface area contributed by atoms with Crippen LogP contribution in [0.15, 0.2) is 12.1 Å². The van der Waals surface area contributed by atoms with Crippen LogP contribution >= 0.6 is 11.6 Å². The van der Waals surface area contributed by atoms with E-state index >= 15 is 0 Å². The number of ether oxygens (including phenoxy) is 1. The highest BCUT2D eigenvalue weighted by molar-refractivity contribution is 6.31. The van der Waals surface area contributed by atoms with Crippen LogP contribution in [0.3, 0.4) is 0 Å². The molecule has 0 unspecified atom stereocenters. The second-order valence-corrected chi connectivity index (χ2v) is 5.07. The van der Waals surface area contributed by atoms with Crippen molar-refractivity contribution in [2.75, 3.05) is 5.32 Å². The maximum atomic E-state index is 13.1. The van der Waals surface area contributed by atoms with Gasteiger partial charge in [0, 0.05) is 0 Å². The van der Waals surface area contributed by atoms with Crippen LogP contribution in [0.4, 0.5) is 20.6 Å². The van der Waals surface area contributed by atoms with Crippen molar-refractivity contribution in [2.45, 2.75) is 26.4 Å². The van der Waals surface area contributed by atoms with Gasteiger partial charge in [0.25, 0.3) is 5.69 Å². The first-order valence-electron chi connectivity index (χ1n) is 5.23. The molecule has 0 atom stereocenters. The highest BCUT2D eigenvalue weighted by Crippen LogP contribution is 2.30. The molecule has 1 amide bonds. The number of nitrogens with one attached hydrogen (secondary N) is 1. The van der Waals surface area contributed by atoms with Gasteiger partial charge in [-0.05, 0) is 26.8 Å².